The largest absolute Gasteiger partial charge is 0.497 e. The molecule has 0 amide bonds. The number of hydrogen-bond acceptors (Lipinski definition) is 4. The average molecular weight is 321 g/mol. The molecule has 1 N–H and O–H groups in total. The Bertz CT molecular complexity index is 694. The SMILES string of the molecule is COc1ccc(OCCS(=O)(=O)Nc2ccc(C)cc2)cc1. The van der Waals surface area contributed by atoms with E-state index in [1.807, 2.05) is 19.1 Å². The summed E-state index contributed by atoms with van der Waals surface area (Å²) in [6.07, 6.45) is 0. The molecule has 2 aromatic carbocycles. The molecule has 0 spiro atoms. The van der Waals surface area contributed by atoms with E-state index in [2.05, 4.69) is 4.72 Å². The fourth-order valence-electron chi connectivity index (χ4n) is 1.79. The van der Waals surface area contributed by atoms with E-state index in [-0.39, 0.29) is 12.4 Å². The number of nitrogens with one attached hydrogen (secondary N) is 1. The summed E-state index contributed by atoms with van der Waals surface area (Å²) in [6, 6.07) is 14.2. The third kappa shape index (κ3) is 4.96. The van der Waals surface area contributed by atoms with Gasteiger partial charge in [0.15, 0.2) is 0 Å². The molecule has 0 heterocycles. The second-order valence-corrected chi connectivity index (χ2v) is 6.65. The van der Waals surface area contributed by atoms with E-state index >= 15 is 0 Å². The zero-order valence-electron chi connectivity index (χ0n) is 12.6. The van der Waals surface area contributed by atoms with Crippen LogP contribution < -0.4 is 14.2 Å². The first kappa shape index (κ1) is 16.2. The molecule has 118 valence electrons. The van der Waals surface area contributed by atoms with Gasteiger partial charge in [0.05, 0.1) is 7.11 Å². The summed E-state index contributed by atoms with van der Waals surface area (Å²) < 4.78 is 36.9. The molecule has 0 aliphatic rings. The van der Waals surface area contributed by atoms with Gasteiger partial charge in [-0.2, -0.15) is 0 Å². The number of aryl methyl sites for hydroxylation is 1. The van der Waals surface area contributed by atoms with Gasteiger partial charge in [-0.3, -0.25) is 4.72 Å². The van der Waals surface area contributed by atoms with Gasteiger partial charge in [0.25, 0.3) is 0 Å². The molecule has 2 aromatic rings. The van der Waals surface area contributed by atoms with E-state index in [1.165, 1.54) is 0 Å². The quantitative estimate of drug-likeness (QED) is 0.851. The van der Waals surface area contributed by atoms with Gasteiger partial charge in [0.1, 0.15) is 23.9 Å². The van der Waals surface area contributed by atoms with Gasteiger partial charge >= 0.3 is 0 Å². The Labute approximate surface area is 130 Å². The number of rotatable bonds is 7. The van der Waals surface area contributed by atoms with E-state index in [0.29, 0.717) is 11.4 Å². The minimum Gasteiger partial charge on any atom is -0.497 e. The van der Waals surface area contributed by atoms with Crippen molar-refractivity contribution in [3.63, 3.8) is 0 Å². The Kier molecular flexibility index (Phi) is 5.27. The zero-order chi connectivity index (χ0) is 16.0. The lowest BCUT2D eigenvalue weighted by Gasteiger charge is -2.10. The highest BCUT2D eigenvalue weighted by atomic mass is 32.2. The number of hydrogen-bond donors (Lipinski definition) is 1. The fraction of sp³-hybridized carbons (Fsp3) is 0.250. The van der Waals surface area contributed by atoms with Crippen molar-refractivity contribution in [3.8, 4) is 11.5 Å². The van der Waals surface area contributed by atoms with Crippen LogP contribution in [-0.2, 0) is 10.0 Å². The highest BCUT2D eigenvalue weighted by Gasteiger charge is 2.10. The Morgan fingerprint density at radius 1 is 0.955 bits per heavy atom. The molecule has 0 aromatic heterocycles. The Morgan fingerprint density at radius 3 is 2.14 bits per heavy atom. The van der Waals surface area contributed by atoms with Crippen molar-refractivity contribution in [2.24, 2.45) is 0 Å². The highest BCUT2D eigenvalue weighted by Crippen LogP contribution is 2.17. The summed E-state index contributed by atoms with van der Waals surface area (Å²) >= 11 is 0. The van der Waals surface area contributed by atoms with Crippen LogP contribution in [0.3, 0.4) is 0 Å². The molecule has 0 radical (unpaired) electrons. The topological polar surface area (TPSA) is 64.6 Å². The molecule has 0 atom stereocenters. The summed E-state index contributed by atoms with van der Waals surface area (Å²) in [5.41, 5.74) is 1.63. The molecule has 0 fully saturated rings. The van der Waals surface area contributed by atoms with Gasteiger partial charge in [-0.25, -0.2) is 8.42 Å². The Hall–Kier alpha value is -2.21. The number of anilines is 1. The fourth-order valence-corrected chi connectivity index (χ4v) is 2.69. The number of benzene rings is 2. The number of methoxy groups -OCH3 is 1. The molecule has 2 rings (SSSR count). The lowest BCUT2D eigenvalue weighted by Crippen LogP contribution is -2.21. The maximum absolute atomic E-state index is 12.0. The van der Waals surface area contributed by atoms with Gasteiger partial charge in [-0.15, -0.1) is 0 Å². The van der Waals surface area contributed by atoms with Crippen LogP contribution in [-0.4, -0.2) is 27.9 Å². The molecule has 0 saturated carbocycles. The van der Waals surface area contributed by atoms with Crippen LogP contribution in [0, 0.1) is 6.92 Å². The first-order valence-electron chi connectivity index (χ1n) is 6.82. The zero-order valence-corrected chi connectivity index (χ0v) is 13.4. The second kappa shape index (κ2) is 7.17. The van der Waals surface area contributed by atoms with Gasteiger partial charge in [0.2, 0.25) is 10.0 Å². The summed E-state index contributed by atoms with van der Waals surface area (Å²) in [5, 5.41) is 0. The second-order valence-electron chi connectivity index (χ2n) is 4.81. The predicted octanol–water partition coefficient (Wildman–Crippen LogP) is 2.82. The Morgan fingerprint density at radius 2 is 1.55 bits per heavy atom. The first-order valence-corrected chi connectivity index (χ1v) is 8.48. The maximum atomic E-state index is 12.0. The summed E-state index contributed by atoms with van der Waals surface area (Å²) in [6.45, 7) is 2.02. The molecule has 0 aliphatic carbocycles. The van der Waals surface area contributed by atoms with Crippen LogP contribution in [0.15, 0.2) is 48.5 Å². The van der Waals surface area contributed by atoms with E-state index < -0.39 is 10.0 Å². The smallest absolute Gasteiger partial charge is 0.236 e. The van der Waals surface area contributed by atoms with Crippen molar-refractivity contribution in [2.45, 2.75) is 6.92 Å². The minimum atomic E-state index is -3.43. The lowest BCUT2D eigenvalue weighted by atomic mass is 10.2. The molecule has 5 nitrogen and oxygen atoms in total. The number of sulfonamides is 1. The molecular formula is C16H19NO4S. The van der Waals surface area contributed by atoms with Crippen molar-refractivity contribution in [1.82, 2.24) is 0 Å². The molecular weight excluding hydrogens is 302 g/mol. The van der Waals surface area contributed by atoms with E-state index in [0.717, 1.165) is 11.3 Å². The van der Waals surface area contributed by atoms with Crippen LogP contribution >= 0.6 is 0 Å². The number of ether oxygens (including phenoxy) is 2. The van der Waals surface area contributed by atoms with E-state index in [4.69, 9.17) is 9.47 Å². The van der Waals surface area contributed by atoms with E-state index in [9.17, 15) is 8.42 Å². The monoisotopic (exact) mass is 321 g/mol. The minimum absolute atomic E-state index is 0.0769. The maximum Gasteiger partial charge on any atom is 0.236 e. The van der Waals surface area contributed by atoms with Gasteiger partial charge in [0, 0.05) is 5.69 Å². The predicted molar refractivity (Wildman–Crippen MR) is 87.1 cm³/mol. The third-order valence-electron chi connectivity index (χ3n) is 3.01. The van der Waals surface area contributed by atoms with Crippen LogP contribution in [0.2, 0.25) is 0 Å². The van der Waals surface area contributed by atoms with E-state index in [1.54, 1.807) is 43.5 Å². The molecule has 0 bridgehead atoms. The van der Waals surface area contributed by atoms with Gasteiger partial charge < -0.3 is 9.47 Å². The van der Waals surface area contributed by atoms with Crippen molar-refractivity contribution >= 4 is 15.7 Å². The third-order valence-corrected chi connectivity index (χ3v) is 4.26. The molecule has 0 saturated heterocycles. The molecule has 6 heteroatoms. The summed E-state index contributed by atoms with van der Waals surface area (Å²) in [4.78, 5) is 0. The van der Waals surface area contributed by atoms with Crippen LogP contribution in [0.25, 0.3) is 0 Å². The van der Waals surface area contributed by atoms with Gasteiger partial charge in [-0.05, 0) is 43.3 Å². The molecule has 22 heavy (non-hydrogen) atoms. The van der Waals surface area contributed by atoms with Crippen LogP contribution in [0.1, 0.15) is 5.56 Å². The average Bonchev–Trinajstić information content (AvgIpc) is 2.50. The lowest BCUT2D eigenvalue weighted by molar-refractivity contribution is 0.340. The highest BCUT2D eigenvalue weighted by molar-refractivity contribution is 7.92. The van der Waals surface area contributed by atoms with Crippen LogP contribution in [0.5, 0.6) is 11.5 Å². The summed E-state index contributed by atoms with van der Waals surface area (Å²) in [5.74, 6) is 1.21. The molecule has 0 aliphatic heterocycles. The van der Waals surface area contributed by atoms with Crippen molar-refractivity contribution < 1.29 is 17.9 Å². The van der Waals surface area contributed by atoms with Crippen molar-refractivity contribution in [2.75, 3.05) is 24.2 Å². The summed E-state index contributed by atoms with van der Waals surface area (Å²) in [7, 11) is -1.85. The Balaban J connectivity index is 1.85. The first-order chi connectivity index (χ1) is 10.5. The molecule has 0 unspecified atom stereocenters. The van der Waals surface area contributed by atoms with Gasteiger partial charge in [-0.1, -0.05) is 17.7 Å². The van der Waals surface area contributed by atoms with Crippen molar-refractivity contribution in [3.05, 3.63) is 54.1 Å². The standard InChI is InChI=1S/C16H19NO4S/c1-13-3-5-14(6-4-13)17-22(18,19)12-11-21-16-9-7-15(20-2)8-10-16/h3-10,17H,11-12H2,1-2H3. The van der Waals surface area contributed by atoms with Crippen molar-refractivity contribution in [1.29, 1.82) is 0 Å². The normalized spacial score (nSPS) is 11.0. The van der Waals surface area contributed by atoms with Crippen LogP contribution in [0.4, 0.5) is 5.69 Å².